The molecular formula is C30H36F2IN5O4S. The smallest absolute Gasteiger partial charge is 0.277 e. The van der Waals surface area contributed by atoms with Gasteiger partial charge in [-0.25, -0.2) is 22.7 Å². The van der Waals surface area contributed by atoms with Gasteiger partial charge in [-0.1, -0.05) is 19.9 Å². The van der Waals surface area contributed by atoms with E-state index < -0.39 is 43.7 Å². The second kappa shape index (κ2) is 15.3. The van der Waals surface area contributed by atoms with Crippen LogP contribution in [0.1, 0.15) is 49.0 Å². The molecule has 1 heterocycles. The number of hydroxylamine groups is 1. The second-order valence-corrected chi connectivity index (χ2v) is 13.5. The SMILES string of the molecule is CCN(CC)CCCN(Cc1cccnc1)S(=O)(=O)c1cc(C(=O)NOCC2CC2)c(Nc2ccc(I)cc2)c(F)c1F. The molecule has 0 spiro atoms. The number of hydrogen-bond donors (Lipinski definition) is 2. The number of hydrogen-bond acceptors (Lipinski definition) is 7. The summed E-state index contributed by atoms with van der Waals surface area (Å²) in [5.74, 6) is -3.65. The lowest BCUT2D eigenvalue weighted by Crippen LogP contribution is -2.35. The average molecular weight is 728 g/mol. The van der Waals surface area contributed by atoms with E-state index in [-0.39, 0.29) is 19.7 Å². The van der Waals surface area contributed by atoms with Crippen LogP contribution in [0.25, 0.3) is 0 Å². The van der Waals surface area contributed by atoms with Crippen LogP contribution in [0.3, 0.4) is 0 Å². The highest BCUT2D eigenvalue weighted by Gasteiger charge is 2.33. The lowest BCUT2D eigenvalue weighted by atomic mass is 10.1. The zero-order chi connectivity index (χ0) is 31.0. The Bertz CT molecular complexity index is 1490. The maximum Gasteiger partial charge on any atom is 0.277 e. The summed E-state index contributed by atoms with van der Waals surface area (Å²) in [4.78, 5) is 23.8. The van der Waals surface area contributed by atoms with E-state index in [1.165, 1.54) is 6.20 Å². The van der Waals surface area contributed by atoms with Crippen molar-refractivity contribution in [3.05, 3.63) is 81.2 Å². The standard InChI is InChI=1S/C30H36F2IN5O4S/c1-3-37(4-2)15-6-16-38(19-22-7-5-14-34-18-22)43(40,41)26-17-25(30(39)36-42-20-21-8-9-21)29(28(32)27(26)31)35-24-12-10-23(33)11-13-24/h5,7,10-14,17-18,21,35H,3-4,6,8-9,15-16,19-20H2,1-2H3,(H,36,39). The molecule has 4 rings (SSSR count). The number of pyridine rings is 1. The van der Waals surface area contributed by atoms with Gasteiger partial charge in [0.1, 0.15) is 4.90 Å². The number of rotatable bonds is 16. The van der Waals surface area contributed by atoms with Crippen LogP contribution in [0.5, 0.6) is 0 Å². The van der Waals surface area contributed by atoms with Gasteiger partial charge in [-0.05, 0) is 109 Å². The summed E-state index contributed by atoms with van der Waals surface area (Å²) >= 11 is 2.11. The van der Waals surface area contributed by atoms with Crippen molar-refractivity contribution < 1.29 is 26.8 Å². The van der Waals surface area contributed by atoms with Crippen molar-refractivity contribution in [2.24, 2.45) is 5.92 Å². The van der Waals surface area contributed by atoms with Gasteiger partial charge < -0.3 is 10.2 Å². The van der Waals surface area contributed by atoms with Crippen molar-refractivity contribution in [2.75, 3.05) is 38.1 Å². The van der Waals surface area contributed by atoms with Gasteiger partial charge in [0, 0.05) is 34.7 Å². The molecule has 43 heavy (non-hydrogen) atoms. The molecule has 0 saturated heterocycles. The molecule has 1 aliphatic carbocycles. The number of carbonyl (C=O) groups excluding carboxylic acids is 1. The first-order valence-corrected chi connectivity index (χ1v) is 16.7. The highest BCUT2D eigenvalue weighted by molar-refractivity contribution is 14.1. The molecule has 1 saturated carbocycles. The Labute approximate surface area is 265 Å². The fourth-order valence-electron chi connectivity index (χ4n) is 4.46. The van der Waals surface area contributed by atoms with Gasteiger partial charge in [0.15, 0.2) is 11.6 Å². The summed E-state index contributed by atoms with van der Waals surface area (Å²) in [5.41, 5.74) is 2.33. The number of amides is 1. The first-order valence-electron chi connectivity index (χ1n) is 14.2. The van der Waals surface area contributed by atoms with E-state index in [2.05, 4.69) is 43.3 Å². The van der Waals surface area contributed by atoms with Crippen molar-refractivity contribution in [3.8, 4) is 0 Å². The van der Waals surface area contributed by atoms with Crippen molar-refractivity contribution in [3.63, 3.8) is 0 Å². The summed E-state index contributed by atoms with van der Waals surface area (Å²) in [6.07, 6.45) is 5.50. The predicted octanol–water partition coefficient (Wildman–Crippen LogP) is 5.70. The van der Waals surface area contributed by atoms with Crippen LogP contribution < -0.4 is 10.8 Å². The van der Waals surface area contributed by atoms with Crippen LogP contribution >= 0.6 is 22.6 Å². The molecule has 1 fully saturated rings. The van der Waals surface area contributed by atoms with Crippen LogP contribution in [0.2, 0.25) is 0 Å². The first kappa shape index (κ1) is 33.2. The molecule has 1 aliphatic rings. The minimum absolute atomic E-state index is 0.0451. The molecule has 2 N–H and O–H groups in total. The molecule has 0 aliphatic heterocycles. The molecular weight excluding hydrogens is 691 g/mol. The highest BCUT2D eigenvalue weighted by Crippen LogP contribution is 2.33. The maximum absolute atomic E-state index is 15.8. The van der Waals surface area contributed by atoms with Gasteiger partial charge >= 0.3 is 0 Å². The van der Waals surface area contributed by atoms with Gasteiger partial charge in [0.2, 0.25) is 10.0 Å². The predicted molar refractivity (Wildman–Crippen MR) is 169 cm³/mol. The summed E-state index contributed by atoms with van der Waals surface area (Å²) in [6.45, 7) is 6.44. The minimum Gasteiger partial charge on any atom is -0.352 e. The number of nitrogens with zero attached hydrogens (tertiary/aromatic N) is 3. The zero-order valence-corrected chi connectivity index (χ0v) is 27.1. The third-order valence-corrected chi connectivity index (χ3v) is 9.75. The van der Waals surface area contributed by atoms with E-state index in [0.29, 0.717) is 30.1 Å². The molecule has 13 heteroatoms. The van der Waals surface area contributed by atoms with Crippen LogP contribution in [0, 0.1) is 21.1 Å². The van der Waals surface area contributed by atoms with Crippen LogP contribution in [0.4, 0.5) is 20.2 Å². The number of halogens is 3. The van der Waals surface area contributed by atoms with Crippen molar-refractivity contribution in [1.82, 2.24) is 19.7 Å². The Kier molecular flexibility index (Phi) is 11.8. The molecule has 232 valence electrons. The molecule has 1 aromatic heterocycles. The lowest BCUT2D eigenvalue weighted by molar-refractivity contribution is 0.0270. The lowest BCUT2D eigenvalue weighted by Gasteiger charge is -2.25. The van der Waals surface area contributed by atoms with Crippen LogP contribution in [-0.4, -0.2) is 61.3 Å². The average Bonchev–Trinajstić information content (AvgIpc) is 3.83. The normalized spacial score (nSPS) is 13.5. The van der Waals surface area contributed by atoms with Gasteiger partial charge in [-0.2, -0.15) is 4.31 Å². The number of carbonyl (C=O) groups is 1. The second-order valence-electron chi connectivity index (χ2n) is 10.3. The molecule has 0 unspecified atom stereocenters. The summed E-state index contributed by atoms with van der Waals surface area (Å²) in [5, 5.41) is 2.75. The Morgan fingerprint density at radius 2 is 1.81 bits per heavy atom. The molecule has 0 bridgehead atoms. The van der Waals surface area contributed by atoms with E-state index in [1.54, 1.807) is 42.6 Å². The third kappa shape index (κ3) is 8.91. The van der Waals surface area contributed by atoms with Gasteiger partial charge in [-0.15, -0.1) is 0 Å². The minimum atomic E-state index is -4.62. The van der Waals surface area contributed by atoms with E-state index >= 15 is 8.78 Å². The Morgan fingerprint density at radius 3 is 2.44 bits per heavy atom. The number of anilines is 2. The van der Waals surface area contributed by atoms with Gasteiger partial charge in [0.05, 0.1) is 17.9 Å². The van der Waals surface area contributed by atoms with E-state index in [9.17, 15) is 13.2 Å². The quantitative estimate of drug-likeness (QED) is 0.144. The molecule has 9 nitrogen and oxygen atoms in total. The zero-order valence-electron chi connectivity index (χ0n) is 24.2. The fraction of sp³-hybridized carbons (Fsp3) is 0.400. The Morgan fingerprint density at radius 1 is 1.09 bits per heavy atom. The molecule has 0 radical (unpaired) electrons. The number of aromatic nitrogens is 1. The largest absolute Gasteiger partial charge is 0.352 e. The first-order chi connectivity index (χ1) is 20.6. The number of benzene rings is 2. The van der Waals surface area contributed by atoms with Gasteiger partial charge in [-0.3, -0.25) is 14.6 Å². The van der Waals surface area contributed by atoms with Crippen LogP contribution in [-0.2, 0) is 21.4 Å². The van der Waals surface area contributed by atoms with Crippen LogP contribution in [0.15, 0.2) is 59.8 Å². The molecule has 0 atom stereocenters. The van der Waals surface area contributed by atoms with Crippen molar-refractivity contribution >= 4 is 49.9 Å². The maximum atomic E-state index is 15.8. The van der Waals surface area contributed by atoms with E-state index in [0.717, 1.165) is 39.9 Å². The Hall–Kier alpha value is -2.72. The van der Waals surface area contributed by atoms with E-state index in [1.807, 2.05) is 13.8 Å². The fourth-order valence-corrected chi connectivity index (χ4v) is 6.37. The van der Waals surface area contributed by atoms with E-state index in [4.69, 9.17) is 4.84 Å². The summed E-state index contributed by atoms with van der Waals surface area (Å²) in [7, 11) is -4.62. The molecule has 2 aromatic carbocycles. The topological polar surface area (TPSA) is 104 Å². The monoisotopic (exact) mass is 727 g/mol. The Balaban J connectivity index is 1.72. The number of sulfonamides is 1. The third-order valence-electron chi connectivity index (χ3n) is 7.19. The van der Waals surface area contributed by atoms with Crippen molar-refractivity contribution in [2.45, 2.75) is 44.6 Å². The summed E-state index contributed by atoms with van der Waals surface area (Å²) in [6, 6.07) is 11.0. The van der Waals surface area contributed by atoms with Crippen molar-refractivity contribution in [1.29, 1.82) is 0 Å². The molecule has 1 amide bonds. The number of nitrogens with one attached hydrogen (secondary N) is 2. The summed E-state index contributed by atoms with van der Waals surface area (Å²) < 4.78 is 61.7. The highest BCUT2D eigenvalue weighted by atomic mass is 127. The van der Waals surface area contributed by atoms with Gasteiger partial charge in [0.25, 0.3) is 5.91 Å². The molecule has 3 aromatic rings.